The molecule has 0 bridgehead atoms. The molecule has 11 heavy (non-hydrogen) atoms. The number of rotatable bonds is 2. The zero-order valence-corrected chi connectivity index (χ0v) is 6.98. The molecule has 1 aromatic rings. The van der Waals surface area contributed by atoms with E-state index in [0.717, 1.165) is 24.0 Å². The third-order valence-electron chi connectivity index (χ3n) is 1.89. The van der Waals surface area contributed by atoms with Crippen molar-refractivity contribution in [1.29, 1.82) is 0 Å². The van der Waals surface area contributed by atoms with Crippen LogP contribution in [-0.2, 0) is 12.8 Å². The lowest BCUT2D eigenvalue weighted by atomic mass is 10.1. The number of nitrogen functional groups attached to an aromatic ring is 2. The monoisotopic (exact) mass is 154 g/mol. The van der Waals surface area contributed by atoms with Crippen LogP contribution in [0.3, 0.4) is 0 Å². The van der Waals surface area contributed by atoms with E-state index >= 15 is 0 Å². The molecule has 0 saturated carbocycles. The lowest BCUT2D eigenvalue weighted by Gasteiger charge is -1.95. The Morgan fingerprint density at radius 1 is 1.00 bits per heavy atom. The van der Waals surface area contributed by atoms with Crippen molar-refractivity contribution in [3.8, 4) is 0 Å². The predicted molar refractivity (Wildman–Crippen MR) is 46.3 cm³/mol. The van der Waals surface area contributed by atoms with E-state index in [-0.39, 0.29) is 0 Å². The standard InChI is InChI=1S/C8H14N2O/c1-3-5-6(4-2)8(10)11-7(5)9/h3-4,9-10H2,1-2H3. The van der Waals surface area contributed by atoms with Crippen LogP contribution in [0.1, 0.15) is 25.0 Å². The van der Waals surface area contributed by atoms with Crippen molar-refractivity contribution in [2.24, 2.45) is 0 Å². The van der Waals surface area contributed by atoms with E-state index in [0.29, 0.717) is 11.8 Å². The molecule has 0 atom stereocenters. The average Bonchev–Trinajstić information content (AvgIpc) is 2.24. The number of nitrogens with two attached hydrogens (primary N) is 2. The van der Waals surface area contributed by atoms with Crippen molar-refractivity contribution in [3.05, 3.63) is 11.1 Å². The van der Waals surface area contributed by atoms with Gasteiger partial charge in [-0.25, -0.2) is 0 Å². The summed E-state index contributed by atoms with van der Waals surface area (Å²) in [5.41, 5.74) is 13.3. The molecule has 0 aliphatic carbocycles. The highest BCUT2D eigenvalue weighted by molar-refractivity contribution is 5.54. The fourth-order valence-electron chi connectivity index (χ4n) is 1.31. The van der Waals surface area contributed by atoms with E-state index in [4.69, 9.17) is 15.9 Å². The van der Waals surface area contributed by atoms with Crippen LogP contribution < -0.4 is 11.5 Å². The summed E-state index contributed by atoms with van der Waals surface area (Å²) in [5.74, 6) is 0.948. The Bertz CT molecular complexity index is 228. The molecule has 1 rings (SSSR count). The molecule has 0 aromatic carbocycles. The summed E-state index contributed by atoms with van der Waals surface area (Å²) in [6.07, 6.45) is 1.77. The fourth-order valence-corrected chi connectivity index (χ4v) is 1.31. The third kappa shape index (κ3) is 1.18. The van der Waals surface area contributed by atoms with Gasteiger partial charge in [-0.15, -0.1) is 0 Å². The van der Waals surface area contributed by atoms with Crippen LogP contribution in [0.25, 0.3) is 0 Å². The second-order valence-electron chi connectivity index (χ2n) is 2.49. The number of anilines is 2. The Morgan fingerprint density at radius 2 is 1.36 bits per heavy atom. The van der Waals surface area contributed by atoms with E-state index < -0.39 is 0 Å². The van der Waals surface area contributed by atoms with Crippen molar-refractivity contribution in [2.75, 3.05) is 11.5 Å². The van der Waals surface area contributed by atoms with Crippen LogP contribution in [0, 0.1) is 0 Å². The first-order chi connectivity index (χ1) is 5.20. The summed E-state index contributed by atoms with van der Waals surface area (Å²) < 4.78 is 5.08. The highest BCUT2D eigenvalue weighted by Gasteiger charge is 2.12. The molecular formula is C8H14N2O. The zero-order valence-electron chi connectivity index (χ0n) is 6.98. The van der Waals surface area contributed by atoms with Crippen LogP contribution in [0.15, 0.2) is 4.42 Å². The lowest BCUT2D eigenvalue weighted by molar-refractivity contribution is 0.603. The summed E-state index contributed by atoms with van der Waals surface area (Å²) in [5, 5.41) is 0. The number of hydrogen-bond donors (Lipinski definition) is 2. The van der Waals surface area contributed by atoms with Crippen LogP contribution >= 0.6 is 0 Å². The summed E-state index contributed by atoms with van der Waals surface area (Å²) in [7, 11) is 0. The minimum absolute atomic E-state index is 0.474. The summed E-state index contributed by atoms with van der Waals surface area (Å²) >= 11 is 0. The molecule has 1 aromatic heterocycles. The van der Waals surface area contributed by atoms with E-state index in [1.54, 1.807) is 0 Å². The summed E-state index contributed by atoms with van der Waals surface area (Å²) in [4.78, 5) is 0. The molecule has 0 amide bonds. The Hall–Kier alpha value is -1.12. The smallest absolute Gasteiger partial charge is 0.196 e. The van der Waals surface area contributed by atoms with Crippen LogP contribution in [-0.4, -0.2) is 0 Å². The van der Waals surface area contributed by atoms with Gasteiger partial charge in [-0.2, -0.15) is 0 Å². The topological polar surface area (TPSA) is 65.2 Å². The normalized spacial score (nSPS) is 10.4. The van der Waals surface area contributed by atoms with Crippen molar-refractivity contribution in [1.82, 2.24) is 0 Å². The van der Waals surface area contributed by atoms with Gasteiger partial charge < -0.3 is 15.9 Å². The maximum atomic E-state index is 5.58. The molecule has 0 fully saturated rings. The Balaban J connectivity index is 3.17. The summed E-state index contributed by atoms with van der Waals surface area (Å²) in [6, 6.07) is 0. The molecule has 3 heteroatoms. The maximum Gasteiger partial charge on any atom is 0.196 e. The van der Waals surface area contributed by atoms with Crippen LogP contribution in [0.2, 0.25) is 0 Å². The zero-order chi connectivity index (χ0) is 8.43. The van der Waals surface area contributed by atoms with Crippen LogP contribution in [0.4, 0.5) is 11.8 Å². The van der Waals surface area contributed by atoms with E-state index in [1.165, 1.54) is 0 Å². The van der Waals surface area contributed by atoms with E-state index in [9.17, 15) is 0 Å². The minimum Gasteiger partial charge on any atom is -0.425 e. The first kappa shape index (κ1) is 7.98. The number of furan rings is 1. The average molecular weight is 154 g/mol. The van der Waals surface area contributed by atoms with E-state index in [1.807, 2.05) is 13.8 Å². The predicted octanol–water partition coefficient (Wildman–Crippen LogP) is 1.57. The molecule has 0 spiro atoms. The van der Waals surface area contributed by atoms with E-state index in [2.05, 4.69) is 0 Å². The van der Waals surface area contributed by atoms with Gasteiger partial charge in [0.15, 0.2) is 11.8 Å². The minimum atomic E-state index is 0.474. The van der Waals surface area contributed by atoms with Gasteiger partial charge in [0, 0.05) is 11.1 Å². The number of hydrogen-bond acceptors (Lipinski definition) is 3. The van der Waals surface area contributed by atoms with Gasteiger partial charge in [0.05, 0.1) is 0 Å². The van der Waals surface area contributed by atoms with Crippen molar-refractivity contribution >= 4 is 11.8 Å². The second-order valence-corrected chi connectivity index (χ2v) is 2.49. The molecule has 0 aliphatic rings. The highest BCUT2D eigenvalue weighted by atomic mass is 16.4. The Morgan fingerprint density at radius 3 is 1.64 bits per heavy atom. The Labute approximate surface area is 66.4 Å². The van der Waals surface area contributed by atoms with Gasteiger partial charge in [0.2, 0.25) is 0 Å². The van der Waals surface area contributed by atoms with Gasteiger partial charge in [-0.05, 0) is 12.8 Å². The molecule has 0 unspecified atom stereocenters. The quantitative estimate of drug-likeness (QED) is 0.679. The van der Waals surface area contributed by atoms with Crippen molar-refractivity contribution in [3.63, 3.8) is 0 Å². The molecule has 0 radical (unpaired) electrons. The molecule has 62 valence electrons. The SMILES string of the molecule is CCc1c(N)oc(N)c1CC. The maximum absolute atomic E-state index is 5.58. The molecule has 3 nitrogen and oxygen atoms in total. The van der Waals surface area contributed by atoms with Gasteiger partial charge in [-0.1, -0.05) is 13.8 Å². The third-order valence-corrected chi connectivity index (χ3v) is 1.89. The molecule has 0 aliphatic heterocycles. The second kappa shape index (κ2) is 2.86. The van der Waals surface area contributed by atoms with Gasteiger partial charge in [0.25, 0.3) is 0 Å². The summed E-state index contributed by atoms with van der Waals surface area (Å²) in [6.45, 7) is 4.08. The largest absolute Gasteiger partial charge is 0.425 e. The van der Waals surface area contributed by atoms with Gasteiger partial charge in [0.1, 0.15) is 0 Å². The lowest BCUT2D eigenvalue weighted by Crippen LogP contribution is -1.92. The van der Waals surface area contributed by atoms with Gasteiger partial charge >= 0.3 is 0 Å². The molecular weight excluding hydrogens is 140 g/mol. The van der Waals surface area contributed by atoms with Gasteiger partial charge in [-0.3, -0.25) is 0 Å². The van der Waals surface area contributed by atoms with Crippen molar-refractivity contribution in [2.45, 2.75) is 26.7 Å². The molecule has 4 N–H and O–H groups in total. The Kier molecular flexibility index (Phi) is 2.08. The highest BCUT2D eigenvalue weighted by Crippen LogP contribution is 2.27. The first-order valence-electron chi connectivity index (χ1n) is 3.86. The molecule has 1 heterocycles. The van der Waals surface area contributed by atoms with Crippen molar-refractivity contribution < 1.29 is 4.42 Å². The van der Waals surface area contributed by atoms with Crippen LogP contribution in [0.5, 0.6) is 0 Å². The molecule has 0 saturated heterocycles. The first-order valence-corrected chi connectivity index (χ1v) is 3.86. The fraction of sp³-hybridized carbons (Fsp3) is 0.500.